The zero-order chi connectivity index (χ0) is 17.3. The Hall–Kier alpha value is 0.210. The molecule has 0 aliphatic heterocycles. The number of hydrogen-bond acceptors (Lipinski definition) is 1. The first-order valence-electron chi connectivity index (χ1n) is 9.34. The number of halogens is 1. The standard InChI is InChI=1S/C12H25Cl.C7H19N2/c1-2-3-4-5-6-7-8-9-10-11-12-13;1-8(2)6-7-9(3,4)5/h2-12H2,1H3;6-7H2,1-5H3/q;+1. The van der Waals surface area contributed by atoms with Crippen LogP contribution >= 0.6 is 11.6 Å². The summed E-state index contributed by atoms with van der Waals surface area (Å²) >= 11 is 5.60. The average molecular weight is 336 g/mol. The smallest absolute Gasteiger partial charge is 0.0909 e. The minimum absolute atomic E-state index is 0.844. The third kappa shape index (κ3) is 28.4. The predicted octanol–water partition coefficient (Wildman–Crippen LogP) is 5.40. The van der Waals surface area contributed by atoms with Gasteiger partial charge in [-0.2, -0.15) is 0 Å². The van der Waals surface area contributed by atoms with E-state index in [1.165, 1.54) is 77.3 Å². The van der Waals surface area contributed by atoms with Gasteiger partial charge in [0.2, 0.25) is 0 Å². The fourth-order valence-electron chi connectivity index (χ4n) is 2.08. The molecule has 0 bridgehead atoms. The Morgan fingerprint density at radius 2 is 1.14 bits per heavy atom. The van der Waals surface area contributed by atoms with Crippen molar-refractivity contribution in [2.45, 2.75) is 71.1 Å². The van der Waals surface area contributed by atoms with Crippen LogP contribution in [-0.4, -0.2) is 63.6 Å². The average Bonchev–Trinajstić information content (AvgIpc) is 2.43. The first kappa shape index (κ1) is 24.5. The minimum Gasteiger partial charge on any atom is -0.330 e. The Kier molecular flexibility index (Phi) is 19.5. The summed E-state index contributed by atoms with van der Waals surface area (Å²) < 4.78 is 1.05. The lowest BCUT2D eigenvalue weighted by Crippen LogP contribution is -2.40. The van der Waals surface area contributed by atoms with Gasteiger partial charge in [0.15, 0.2) is 0 Å². The van der Waals surface area contributed by atoms with E-state index in [1.54, 1.807) is 0 Å². The van der Waals surface area contributed by atoms with E-state index in [-0.39, 0.29) is 0 Å². The van der Waals surface area contributed by atoms with Gasteiger partial charge in [0, 0.05) is 12.4 Å². The monoisotopic (exact) mass is 335 g/mol. The fraction of sp³-hybridized carbons (Fsp3) is 1.00. The molecule has 22 heavy (non-hydrogen) atoms. The molecule has 136 valence electrons. The van der Waals surface area contributed by atoms with E-state index in [4.69, 9.17) is 11.6 Å². The molecular formula is C19H44ClN2+. The molecule has 0 spiro atoms. The molecule has 0 saturated heterocycles. The van der Waals surface area contributed by atoms with Crippen LogP contribution in [0.4, 0.5) is 0 Å². The number of rotatable bonds is 13. The molecule has 3 heteroatoms. The van der Waals surface area contributed by atoms with E-state index in [1.807, 2.05) is 0 Å². The zero-order valence-electron chi connectivity index (χ0n) is 16.5. The first-order valence-corrected chi connectivity index (χ1v) is 9.88. The maximum Gasteiger partial charge on any atom is 0.0909 e. The Labute approximate surface area is 146 Å². The molecule has 0 heterocycles. The fourth-order valence-corrected chi connectivity index (χ4v) is 2.27. The van der Waals surface area contributed by atoms with Crippen LogP contribution in [0.25, 0.3) is 0 Å². The minimum atomic E-state index is 0.844. The number of unbranched alkanes of at least 4 members (excludes halogenated alkanes) is 9. The Morgan fingerprint density at radius 3 is 1.41 bits per heavy atom. The molecule has 0 aliphatic rings. The molecule has 0 fully saturated rings. The molecule has 0 N–H and O–H groups in total. The molecule has 0 amide bonds. The van der Waals surface area contributed by atoms with Crippen molar-refractivity contribution in [1.29, 1.82) is 0 Å². The molecule has 0 unspecified atom stereocenters. The molecule has 0 aromatic heterocycles. The molecule has 0 aromatic rings. The van der Waals surface area contributed by atoms with Crippen LogP contribution in [0, 0.1) is 0 Å². The topological polar surface area (TPSA) is 3.24 Å². The molecule has 2 nitrogen and oxygen atoms in total. The summed E-state index contributed by atoms with van der Waals surface area (Å²) in [6.07, 6.45) is 13.9. The number of quaternary nitrogens is 1. The van der Waals surface area contributed by atoms with Crippen molar-refractivity contribution in [2.75, 3.05) is 54.2 Å². The number of hydrogen-bond donors (Lipinski definition) is 0. The van der Waals surface area contributed by atoms with Crippen LogP contribution in [0.5, 0.6) is 0 Å². The SMILES string of the molecule is CCCCCCCCCCCCCl.CN(C)CC[N+](C)(C)C. The third-order valence-electron chi connectivity index (χ3n) is 3.71. The number of alkyl halides is 1. The highest BCUT2D eigenvalue weighted by Crippen LogP contribution is 2.10. The van der Waals surface area contributed by atoms with Gasteiger partial charge in [-0.3, -0.25) is 0 Å². The summed E-state index contributed by atoms with van der Waals surface area (Å²) in [6.45, 7) is 4.66. The zero-order valence-corrected chi connectivity index (χ0v) is 17.2. The Balaban J connectivity index is 0. The second-order valence-corrected chi connectivity index (χ2v) is 8.07. The molecular weight excluding hydrogens is 292 g/mol. The molecule has 0 radical (unpaired) electrons. The highest BCUT2D eigenvalue weighted by atomic mass is 35.5. The Bertz CT molecular complexity index is 190. The van der Waals surface area contributed by atoms with Crippen LogP contribution in [0.15, 0.2) is 0 Å². The van der Waals surface area contributed by atoms with Gasteiger partial charge >= 0.3 is 0 Å². The lowest BCUT2D eigenvalue weighted by Gasteiger charge is -2.25. The Morgan fingerprint density at radius 1 is 0.727 bits per heavy atom. The van der Waals surface area contributed by atoms with E-state index in [0.29, 0.717) is 0 Å². The summed E-state index contributed by atoms with van der Waals surface area (Å²) in [5.41, 5.74) is 0. The summed E-state index contributed by atoms with van der Waals surface area (Å²) in [7, 11) is 10.8. The quantitative estimate of drug-likeness (QED) is 0.247. The van der Waals surface area contributed by atoms with Gasteiger partial charge in [-0.05, 0) is 20.5 Å². The summed E-state index contributed by atoms with van der Waals surface area (Å²) in [6, 6.07) is 0. The highest BCUT2D eigenvalue weighted by molar-refractivity contribution is 6.17. The number of likely N-dealkylation sites (N-methyl/N-ethyl adjacent to an activating group) is 2. The second-order valence-electron chi connectivity index (χ2n) is 7.69. The molecule has 0 saturated carbocycles. The molecule has 0 atom stereocenters. The second kappa shape index (κ2) is 17.6. The van der Waals surface area contributed by atoms with Crippen molar-refractivity contribution in [3.05, 3.63) is 0 Å². The molecule has 0 aromatic carbocycles. The summed E-state index contributed by atoms with van der Waals surface area (Å²) in [4.78, 5) is 2.21. The highest BCUT2D eigenvalue weighted by Gasteiger charge is 2.05. The van der Waals surface area contributed by atoms with Crippen LogP contribution in [-0.2, 0) is 0 Å². The van der Waals surface area contributed by atoms with Crippen molar-refractivity contribution in [3.63, 3.8) is 0 Å². The van der Waals surface area contributed by atoms with Crippen LogP contribution in [0.3, 0.4) is 0 Å². The summed E-state index contributed by atoms with van der Waals surface area (Å²) in [5.74, 6) is 0.844. The van der Waals surface area contributed by atoms with E-state index in [9.17, 15) is 0 Å². The van der Waals surface area contributed by atoms with Gasteiger partial charge in [-0.15, -0.1) is 11.6 Å². The van der Waals surface area contributed by atoms with E-state index in [2.05, 4.69) is 47.1 Å². The lowest BCUT2D eigenvalue weighted by atomic mass is 10.1. The van der Waals surface area contributed by atoms with E-state index >= 15 is 0 Å². The van der Waals surface area contributed by atoms with Crippen molar-refractivity contribution in [1.82, 2.24) is 4.90 Å². The number of nitrogens with zero attached hydrogens (tertiary/aromatic N) is 2. The third-order valence-corrected chi connectivity index (χ3v) is 3.97. The van der Waals surface area contributed by atoms with Gasteiger partial charge in [0.25, 0.3) is 0 Å². The normalized spacial score (nSPS) is 11.5. The molecule has 0 aliphatic carbocycles. The van der Waals surface area contributed by atoms with Crippen molar-refractivity contribution in [3.8, 4) is 0 Å². The largest absolute Gasteiger partial charge is 0.330 e. The van der Waals surface area contributed by atoms with Crippen molar-refractivity contribution < 1.29 is 4.48 Å². The van der Waals surface area contributed by atoms with Gasteiger partial charge in [0.1, 0.15) is 0 Å². The van der Waals surface area contributed by atoms with Crippen molar-refractivity contribution in [2.24, 2.45) is 0 Å². The van der Waals surface area contributed by atoms with E-state index in [0.717, 1.165) is 10.4 Å². The van der Waals surface area contributed by atoms with Crippen LogP contribution in [0.2, 0.25) is 0 Å². The van der Waals surface area contributed by atoms with Crippen LogP contribution in [0.1, 0.15) is 71.1 Å². The lowest BCUT2D eigenvalue weighted by molar-refractivity contribution is -0.869. The maximum absolute atomic E-state index is 5.60. The van der Waals surface area contributed by atoms with Crippen LogP contribution < -0.4 is 0 Å². The van der Waals surface area contributed by atoms with Gasteiger partial charge in [-0.1, -0.05) is 64.7 Å². The van der Waals surface area contributed by atoms with E-state index < -0.39 is 0 Å². The van der Waals surface area contributed by atoms with Crippen molar-refractivity contribution >= 4 is 11.6 Å². The van der Waals surface area contributed by atoms with Gasteiger partial charge in [-0.25, -0.2) is 0 Å². The predicted molar refractivity (Wildman–Crippen MR) is 104 cm³/mol. The van der Waals surface area contributed by atoms with Gasteiger partial charge in [0.05, 0.1) is 27.7 Å². The van der Waals surface area contributed by atoms with Gasteiger partial charge < -0.3 is 9.38 Å². The first-order chi connectivity index (χ1) is 10.3. The molecule has 0 rings (SSSR count). The summed E-state index contributed by atoms with van der Waals surface area (Å²) in [5, 5.41) is 0. The maximum atomic E-state index is 5.60.